The van der Waals surface area contributed by atoms with Gasteiger partial charge in [-0.15, -0.1) is 0 Å². The molecule has 4 nitrogen and oxygen atoms in total. The number of aliphatic carboxylic acids is 1. The zero-order valence-electron chi connectivity index (χ0n) is 7.45. The van der Waals surface area contributed by atoms with E-state index in [2.05, 4.69) is 0 Å². The molecule has 2 bridgehead atoms. The van der Waals surface area contributed by atoms with E-state index in [1.807, 2.05) is 0 Å². The molecule has 6 heteroatoms. The average Bonchev–Trinajstić information content (AvgIpc) is 2.63. The van der Waals surface area contributed by atoms with Crippen LogP contribution in [0, 0.1) is 0 Å². The van der Waals surface area contributed by atoms with Crippen LogP contribution in [0.5, 0.6) is 0 Å². The lowest BCUT2D eigenvalue weighted by Crippen LogP contribution is -2.47. The van der Waals surface area contributed by atoms with Crippen LogP contribution in [0.2, 0.25) is 0 Å². The second-order valence-electron chi connectivity index (χ2n) is 3.78. The number of hydrogen-bond donors (Lipinski definition) is 1. The molecular formula is C8H11F2NO3. The van der Waals surface area contributed by atoms with Crippen LogP contribution in [0.25, 0.3) is 0 Å². The van der Waals surface area contributed by atoms with E-state index in [1.54, 1.807) is 0 Å². The zero-order chi connectivity index (χ0) is 10.3. The highest BCUT2D eigenvalue weighted by atomic mass is 19.3. The number of ether oxygens (including phenoxy) is 1. The summed E-state index contributed by atoms with van der Waals surface area (Å²) in [5.41, 5.74) is 0. The van der Waals surface area contributed by atoms with Gasteiger partial charge in [0.15, 0.2) is 0 Å². The Morgan fingerprint density at radius 3 is 2.79 bits per heavy atom. The van der Waals surface area contributed by atoms with Crippen LogP contribution >= 0.6 is 0 Å². The molecule has 2 aliphatic rings. The zero-order valence-corrected chi connectivity index (χ0v) is 7.45. The fraction of sp³-hybridized carbons (Fsp3) is 0.875. The Balaban J connectivity index is 1.95. The van der Waals surface area contributed by atoms with Crippen LogP contribution in [0.15, 0.2) is 0 Å². The highest BCUT2D eigenvalue weighted by molar-refractivity contribution is 5.75. The van der Waals surface area contributed by atoms with Crippen LogP contribution in [0.4, 0.5) is 8.78 Å². The maximum absolute atomic E-state index is 12.8. The summed E-state index contributed by atoms with van der Waals surface area (Å²) in [5.74, 6) is -5.70. The molecule has 2 saturated heterocycles. The number of morpholine rings is 1. The normalized spacial score (nSPS) is 32.4. The van der Waals surface area contributed by atoms with Gasteiger partial charge in [0.2, 0.25) is 0 Å². The van der Waals surface area contributed by atoms with E-state index in [9.17, 15) is 13.6 Å². The molecule has 0 aromatic heterocycles. The maximum Gasteiger partial charge on any atom is 0.375 e. The molecule has 0 radical (unpaired) electrons. The molecule has 0 unspecified atom stereocenters. The summed E-state index contributed by atoms with van der Waals surface area (Å²) in [6, 6.07) is -0.0229. The number of nitrogens with zero attached hydrogens (tertiary/aromatic N) is 1. The molecule has 0 spiro atoms. The van der Waals surface area contributed by atoms with Gasteiger partial charge in [-0.05, 0) is 6.42 Å². The molecule has 0 aliphatic carbocycles. The fourth-order valence-corrected chi connectivity index (χ4v) is 2.00. The van der Waals surface area contributed by atoms with Crippen LogP contribution < -0.4 is 0 Å². The number of carboxylic acids is 1. The first-order chi connectivity index (χ1) is 6.49. The van der Waals surface area contributed by atoms with Gasteiger partial charge in [0.05, 0.1) is 19.3 Å². The van der Waals surface area contributed by atoms with Crippen LogP contribution in [0.3, 0.4) is 0 Å². The molecule has 80 valence electrons. The summed E-state index contributed by atoms with van der Waals surface area (Å²) in [7, 11) is 0. The Bertz CT molecular complexity index is 259. The van der Waals surface area contributed by atoms with E-state index in [0.29, 0.717) is 13.2 Å². The Morgan fingerprint density at radius 1 is 1.64 bits per heavy atom. The predicted molar refractivity (Wildman–Crippen MR) is 42.3 cm³/mol. The number of carbonyl (C=O) groups is 1. The first-order valence-electron chi connectivity index (χ1n) is 4.46. The number of halogens is 2. The van der Waals surface area contributed by atoms with Gasteiger partial charge in [0.1, 0.15) is 0 Å². The SMILES string of the molecule is O=C(O)C(F)(F)CN1C[C@@H]2C[C@H]1CO2. The summed E-state index contributed by atoms with van der Waals surface area (Å²) in [6.07, 6.45) is 0.764. The van der Waals surface area contributed by atoms with Crippen molar-refractivity contribution < 1.29 is 23.4 Å². The molecule has 0 aromatic carbocycles. The molecule has 0 saturated carbocycles. The Labute approximate surface area is 79.4 Å². The molecule has 1 N–H and O–H groups in total. The Hall–Kier alpha value is -0.750. The quantitative estimate of drug-likeness (QED) is 0.717. The molecule has 2 heterocycles. The van der Waals surface area contributed by atoms with Gasteiger partial charge in [-0.3, -0.25) is 4.90 Å². The van der Waals surface area contributed by atoms with Crippen molar-refractivity contribution in [2.75, 3.05) is 19.7 Å². The van der Waals surface area contributed by atoms with E-state index in [1.165, 1.54) is 4.90 Å². The molecule has 2 fully saturated rings. The third-order valence-electron chi connectivity index (χ3n) is 2.73. The van der Waals surface area contributed by atoms with Crippen molar-refractivity contribution in [2.24, 2.45) is 0 Å². The molecule has 2 rings (SSSR count). The number of alkyl halides is 2. The van der Waals surface area contributed by atoms with E-state index in [4.69, 9.17) is 9.84 Å². The predicted octanol–water partition coefficient (Wildman–Crippen LogP) is 0.179. The van der Waals surface area contributed by atoms with E-state index in [0.717, 1.165) is 6.42 Å². The average molecular weight is 207 g/mol. The summed E-state index contributed by atoms with van der Waals surface area (Å²) in [6.45, 7) is 0.167. The van der Waals surface area contributed by atoms with Crippen LogP contribution in [0.1, 0.15) is 6.42 Å². The van der Waals surface area contributed by atoms with Crippen molar-refractivity contribution in [3.05, 3.63) is 0 Å². The standard InChI is InChI=1S/C8H11F2NO3/c9-8(10,7(12)13)4-11-2-6-1-5(11)3-14-6/h5-6H,1-4H2,(H,12,13)/t5-,6-/m0/s1. The van der Waals surface area contributed by atoms with Gasteiger partial charge in [0, 0.05) is 12.6 Å². The van der Waals surface area contributed by atoms with Crippen molar-refractivity contribution in [1.29, 1.82) is 0 Å². The number of rotatable bonds is 3. The lowest BCUT2D eigenvalue weighted by atomic mass is 10.2. The molecular weight excluding hydrogens is 196 g/mol. The summed E-state index contributed by atoms with van der Waals surface area (Å²) < 4.78 is 30.9. The lowest BCUT2D eigenvalue weighted by molar-refractivity contribution is -0.168. The van der Waals surface area contributed by atoms with Gasteiger partial charge in [-0.2, -0.15) is 8.78 Å². The van der Waals surface area contributed by atoms with E-state index >= 15 is 0 Å². The van der Waals surface area contributed by atoms with Gasteiger partial charge in [-0.25, -0.2) is 4.79 Å². The number of likely N-dealkylation sites (tertiary alicyclic amines) is 1. The van der Waals surface area contributed by atoms with Crippen molar-refractivity contribution in [2.45, 2.75) is 24.5 Å². The first-order valence-corrected chi connectivity index (χ1v) is 4.46. The van der Waals surface area contributed by atoms with Crippen LogP contribution in [-0.4, -0.2) is 53.7 Å². The molecule has 2 aliphatic heterocycles. The van der Waals surface area contributed by atoms with Crippen LogP contribution in [-0.2, 0) is 9.53 Å². The van der Waals surface area contributed by atoms with Gasteiger partial charge in [0.25, 0.3) is 0 Å². The molecule has 2 atom stereocenters. The minimum atomic E-state index is -3.65. The maximum atomic E-state index is 12.8. The lowest BCUT2D eigenvalue weighted by Gasteiger charge is -2.28. The molecule has 14 heavy (non-hydrogen) atoms. The minimum Gasteiger partial charge on any atom is -0.477 e. The van der Waals surface area contributed by atoms with Gasteiger partial charge in [-0.1, -0.05) is 0 Å². The summed E-state index contributed by atoms with van der Waals surface area (Å²) >= 11 is 0. The monoisotopic (exact) mass is 207 g/mol. The number of hydrogen-bond acceptors (Lipinski definition) is 3. The number of carboxylic acid groups (broad SMARTS) is 1. The smallest absolute Gasteiger partial charge is 0.375 e. The van der Waals surface area contributed by atoms with Gasteiger partial charge < -0.3 is 9.84 Å². The highest BCUT2D eigenvalue weighted by Crippen LogP contribution is 2.30. The highest BCUT2D eigenvalue weighted by Gasteiger charge is 2.47. The Morgan fingerprint density at radius 2 is 2.36 bits per heavy atom. The van der Waals surface area contributed by atoms with Crippen molar-refractivity contribution in [1.82, 2.24) is 4.90 Å². The Kier molecular flexibility index (Phi) is 2.19. The van der Waals surface area contributed by atoms with E-state index in [-0.39, 0.29) is 12.1 Å². The third-order valence-corrected chi connectivity index (χ3v) is 2.73. The first kappa shape index (κ1) is 9.79. The summed E-state index contributed by atoms with van der Waals surface area (Å²) in [5, 5.41) is 8.26. The topological polar surface area (TPSA) is 49.8 Å². The van der Waals surface area contributed by atoms with Gasteiger partial charge >= 0.3 is 11.9 Å². The van der Waals surface area contributed by atoms with E-state index < -0.39 is 18.4 Å². The van der Waals surface area contributed by atoms with Crippen molar-refractivity contribution in [3.8, 4) is 0 Å². The summed E-state index contributed by atoms with van der Waals surface area (Å²) in [4.78, 5) is 11.7. The fourth-order valence-electron chi connectivity index (χ4n) is 2.00. The molecule has 0 aromatic rings. The largest absolute Gasteiger partial charge is 0.477 e. The minimum absolute atomic E-state index is 0.0181. The second-order valence-corrected chi connectivity index (χ2v) is 3.78. The van der Waals surface area contributed by atoms with Crippen molar-refractivity contribution in [3.63, 3.8) is 0 Å². The second kappa shape index (κ2) is 3.13. The van der Waals surface area contributed by atoms with Crippen molar-refractivity contribution >= 4 is 5.97 Å². The third kappa shape index (κ3) is 1.59. The number of fused-ring (bicyclic) bond motifs is 2. The molecule has 0 amide bonds.